The molecule has 26 heavy (non-hydrogen) atoms. The molecular formula is C19H18BrN3O3. The molecular weight excluding hydrogens is 398 g/mol. The number of amides is 1. The van der Waals surface area contributed by atoms with Crippen LogP contribution in [0.2, 0.25) is 0 Å². The van der Waals surface area contributed by atoms with Gasteiger partial charge in [-0.2, -0.15) is 4.98 Å². The average molecular weight is 416 g/mol. The Balaban J connectivity index is 1.52. The number of halogens is 1. The number of hydrogen-bond acceptors (Lipinski definition) is 5. The van der Waals surface area contributed by atoms with Crippen LogP contribution in [0.1, 0.15) is 17.0 Å². The van der Waals surface area contributed by atoms with Gasteiger partial charge in [-0.25, -0.2) is 0 Å². The molecule has 0 saturated heterocycles. The number of nitrogens with zero attached hydrogens (tertiary/aromatic N) is 2. The normalized spacial score (nSPS) is 10.6. The monoisotopic (exact) mass is 415 g/mol. The lowest BCUT2D eigenvalue weighted by atomic mass is 10.1. The Labute approximate surface area is 159 Å². The van der Waals surface area contributed by atoms with Crippen LogP contribution in [-0.4, -0.2) is 22.7 Å². The molecule has 3 rings (SSSR count). The van der Waals surface area contributed by atoms with Crippen LogP contribution in [0.25, 0.3) is 11.4 Å². The smallest absolute Gasteiger partial charge is 0.258 e. The lowest BCUT2D eigenvalue weighted by molar-refractivity contribution is -0.123. The van der Waals surface area contributed by atoms with Gasteiger partial charge in [-0.15, -0.1) is 0 Å². The Kier molecular flexibility index (Phi) is 5.68. The minimum absolute atomic E-state index is 0.0729. The maximum Gasteiger partial charge on any atom is 0.258 e. The second-order valence-electron chi connectivity index (χ2n) is 5.86. The number of aromatic nitrogens is 2. The Bertz CT molecular complexity index is 924. The number of ether oxygens (including phenoxy) is 1. The molecule has 0 aliphatic heterocycles. The third-order valence-electron chi connectivity index (χ3n) is 3.68. The van der Waals surface area contributed by atoms with Crippen LogP contribution < -0.4 is 10.1 Å². The minimum atomic E-state index is -0.257. The molecule has 134 valence electrons. The van der Waals surface area contributed by atoms with E-state index in [0.717, 1.165) is 21.2 Å². The topological polar surface area (TPSA) is 77.2 Å². The highest BCUT2D eigenvalue weighted by molar-refractivity contribution is 9.10. The summed E-state index contributed by atoms with van der Waals surface area (Å²) in [5.41, 5.74) is 2.98. The molecule has 0 spiro atoms. The van der Waals surface area contributed by atoms with Crippen molar-refractivity contribution in [1.29, 1.82) is 0 Å². The quantitative estimate of drug-likeness (QED) is 0.661. The highest BCUT2D eigenvalue weighted by Gasteiger charge is 2.11. The zero-order valence-corrected chi connectivity index (χ0v) is 16.0. The molecule has 0 bridgehead atoms. The zero-order chi connectivity index (χ0) is 18.5. The number of benzene rings is 2. The number of hydrogen-bond donors (Lipinski definition) is 1. The van der Waals surface area contributed by atoms with E-state index in [0.29, 0.717) is 17.5 Å². The SMILES string of the molecule is Cc1ccc(OCC(=O)NCc2nc(-c3cccc(Br)c3)no2)c(C)c1. The molecule has 0 atom stereocenters. The largest absolute Gasteiger partial charge is 0.484 e. The molecule has 7 heteroatoms. The van der Waals surface area contributed by atoms with E-state index in [4.69, 9.17) is 9.26 Å². The van der Waals surface area contributed by atoms with Gasteiger partial charge in [0.25, 0.3) is 5.91 Å². The molecule has 0 unspecified atom stereocenters. The van der Waals surface area contributed by atoms with Gasteiger partial charge < -0.3 is 14.6 Å². The van der Waals surface area contributed by atoms with Gasteiger partial charge in [0.15, 0.2) is 6.61 Å². The van der Waals surface area contributed by atoms with Crippen molar-refractivity contribution in [1.82, 2.24) is 15.5 Å². The minimum Gasteiger partial charge on any atom is -0.484 e. The fourth-order valence-electron chi connectivity index (χ4n) is 2.40. The predicted octanol–water partition coefficient (Wildman–Crippen LogP) is 3.81. The van der Waals surface area contributed by atoms with Crippen LogP contribution in [0.15, 0.2) is 51.5 Å². The summed E-state index contributed by atoms with van der Waals surface area (Å²) in [6.07, 6.45) is 0. The van der Waals surface area contributed by atoms with Crippen molar-refractivity contribution in [3.05, 3.63) is 64.0 Å². The molecule has 1 N–H and O–H groups in total. The number of carbonyl (C=O) groups is 1. The first-order valence-electron chi connectivity index (χ1n) is 8.06. The van der Waals surface area contributed by atoms with Crippen molar-refractivity contribution < 1.29 is 14.1 Å². The number of aryl methyl sites for hydroxylation is 2. The second-order valence-corrected chi connectivity index (χ2v) is 6.77. The van der Waals surface area contributed by atoms with E-state index in [1.54, 1.807) is 0 Å². The van der Waals surface area contributed by atoms with Crippen LogP contribution in [0.3, 0.4) is 0 Å². The Morgan fingerprint density at radius 1 is 1.23 bits per heavy atom. The van der Waals surface area contributed by atoms with E-state index >= 15 is 0 Å². The van der Waals surface area contributed by atoms with Crippen molar-refractivity contribution >= 4 is 21.8 Å². The Hall–Kier alpha value is -2.67. The van der Waals surface area contributed by atoms with E-state index in [-0.39, 0.29) is 19.1 Å². The maximum absolute atomic E-state index is 12.0. The van der Waals surface area contributed by atoms with Crippen LogP contribution in [0.5, 0.6) is 5.75 Å². The van der Waals surface area contributed by atoms with E-state index in [1.165, 1.54) is 0 Å². The second kappa shape index (κ2) is 8.14. The summed E-state index contributed by atoms with van der Waals surface area (Å²) in [5.74, 6) is 1.24. The summed E-state index contributed by atoms with van der Waals surface area (Å²) in [7, 11) is 0. The third-order valence-corrected chi connectivity index (χ3v) is 4.17. The first kappa shape index (κ1) is 18.1. The molecule has 2 aromatic carbocycles. The molecule has 0 saturated carbocycles. The average Bonchev–Trinajstić information content (AvgIpc) is 3.08. The first-order chi connectivity index (χ1) is 12.5. The van der Waals surface area contributed by atoms with Gasteiger partial charge >= 0.3 is 0 Å². The van der Waals surface area contributed by atoms with Crippen LogP contribution in [-0.2, 0) is 11.3 Å². The molecule has 1 amide bonds. The van der Waals surface area contributed by atoms with E-state index in [2.05, 4.69) is 31.4 Å². The fraction of sp³-hybridized carbons (Fsp3) is 0.211. The van der Waals surface area contributed by atoms with E-state index < -0.39 is 0 Å². The zero-order valence-electron chi connectivity index (χ0n) is 14.5. The number of carbonyl (C=O) groups excluding carboxylic acids is 1. The van der Waals surface area contributed by atoms with Crippen LogP contribution >= 0.6 is 15.9 Å². The predicted molar refractivity (Wildman–Crippen MR) is 101 cm³/mol. The molecule has 0 radical (unpaired) electrons. The summed E-state index contributed by atoms with van der Waals surface area (Å²) < 4.78 is 11.6. The summed E-state index contributed by atoms with van der Waals surface area (Å²) in [4.78, 5) is 16.2. The lowest BCUT2D eigenvalue weighted by Crippen LogP contribution is -2.28. The van der Waals surface area contributed by atoms with Crippen molar-refractivity contribution in [3.63, 3.8) is 0 Å². The molecule has 1 heterocycles. The summed E-state index contributed by atoms with van der Waals surface area (Å²) in [6, 6.07) is 13.4. The lowest BCUT2D eigenvalue weighted by Gasteiger charge is -2.09. The highest BCUT2D eigenvalue weighted by Crippen LogP contribution is 2.20. The van der Waals surface area contributed by atoms with E-state index in [1.807, 2.05) is 56.3 Å². The van der Waals surface area contributed by atoms with Gasteiger partial charge in [0.1, 0.15) is 5.75 Å². The summed E-state index contributed by atoms with van der Waals surface area (Å²) in [6.45, 7) is 4.03. The molecule has 0 fully saturated rings. The third kappa shape index (κ3) is 4.70. The Morgan fingerprint density at radius 3 is 2.85 bits per heavy atom. The maximum atomic E-state index is 12.0. The van der Waals surface area contributed by atoms with Gasteiger partial charge in [-0.3, -0.25) is 4.79 Å². The number of rotatable bonds is 6. The van der Waals surface area contributed by atoms with Gasteiger partial charge in [0.05, 0.1) is 6.54 Å². The summed E-state index contributed by atoms with van der Waals surface area (Å²) >= 11 is 3.40. The van der Waals surface area contributed by atoms with Crippen molar-refractivity contribution in [3.8, 4) is 17.1 Å². The van der Waals surface area contributed by atoms with Gasteiger partial charge in [-0.1, -0.05) is 50.9 Å². The first-order valence-corrected chi connectivity index (χ1v) is 8.86. The van der Waals surface area contributed by atoms with Crippen molar-refractivity contribution in [2.45, 2.75) is 20.4 Å². The van der Waals surface area contributed by atoms with Crippen molar-refractivity contribution in [2.75, 3.05) is 6.61 Å². The molecule has 1 aromatic heterocycles. The molecule has 3 aromatic rings. The van der Waals surface area contributed by atoms with Gasteiger partial charge in [0.2, 0.25) is 11.7 Å². The van der Waals surface area contributed by atoms with Gasteiger partial charge in [-0.05, 0) is 37.6 Å². The molecule has 0 aliphatic carbocycles. The van der Waals surface area contributed by atoms with Crippen molar-refractivity contribution in [2.24, 2.45) is 0 Å². The number of nitrogens with one attached hydrogen (secondary N) is 1. The molecule has 6 nitrogen and oxygen atoms in total. The fourth-order valence-corrected chi connectivity index (χ4v) is 2.80. The van der Waals surface area contributed by atoms with Crippen LogP contribution in [0, 0.1) is 13.8 Å². The van der Waals surface area contributed by atoms with Gasteiger partial charge in [0, 0.05) is 10.0 Å². The summed E-state index contributed by atoms with van der Waals surface area (Å²) in [5, 5.41) is 6.64. The molecule has 0 aliphatic rings. The highest BCUT2D eigenvalue weighted by atomic mass is 79.9. The van der Waals surface area contributed by atoms with Crippen LogP contribution in [0.4, 0.5) is 0 Å². The standard InChI is InChI=1S/C19H18BrN3O3/c1-12-6-7-16(13(2)8-12)25-11-17(24)21-10-18-22-19(23-26-18)14-4-3-5-15(20)9-14/h3-9H,10-11H2,1-2H3,(H,21,24). The van der Waals surface area contributed by atoms with E-state index in [9.17, 15) is 4.79 Å². The Morgan fingerprint density at radius 2 is 2.08 bits per heavy atom.